The lowest BCUT2D eigenvalue weighted by Crippen LogP contribution is -2.43. The largest absolute Gasteiger partial charge is 0.368 e. The SMILES string of the molecule is Cc1ccccc1Cc1cccc([C@H]2CN(C(=O)c3n[nH]c4c3CCCCCC4)CCO2)n1. The number of fused-ring (bicyclic) bond motifs is 1. The monoisotopic (exact) mass is 444 g/mol. The fourth-order valence-corrected chi connectivity index (χ4v) is 4.95. The standard InChI is InChI=1S/C27H32N4O2/c1-19-9-6-7-10-20(19)17-21-11-8-14-24(28-21)25-18-31(15-16-33-25)27(32)26-22-12-4-2-3-5-13-23(22)29-30-26/h6-11,14,25H,2-5,12-13,15-18H2,1H3,(H,29,30)/t25-/m1/s1. The summed E-state index contributed by atoms with van der Waals surface area (Å²) in [4.78, 5) is 20.2. The van der Waals surface area contributed by atoms with Gasteiger partial charge >= 0.3 is 0 Å². The third-order valence-electron chi connectivity index (χ3n) is 6.90. The van der Waals surface area contributed by atoms with Crippen LogP contribution in [0.2, 0.25) is 0 Å². The number of pyridine rings is 1. The zero-order valence-corrected chi connectivity index (χ0v) is 19.3. The van der Waals surface area contributed by atoms with E-state index in [9.17, 15) is 4.79 Å². The number of rotatable bonds is 4. The van der Waals surface area contributed by atoms with Crippen molar-refractivity contribution in [2.75, 3.05) is 19.7 Å². The molecule has 1 aliphatic heterocycles. The van der Waals surface area contributed by atoms with E-state index < -0.39 is 0 Å². The average molecular weight is 445 g/mol. The van der Waals surface area contributed by atoms with Crippen molar-refractivity contribution in [1.82, 2.24) is 20.1 Å². The van der Waals surface area contributed by atoms with E-state index in [-0.39, 0.29) is 12.0 Å². The van der Waals surface area contributed by atoms with Crippen molar-refractivity contribution in [3.63, 3.8) is 0 Å². The molecule has 0 radical (unpaired) electrons. The molecular formula is C27H32N4O2. The van der Waals surface area contributed by atoms with E-state index in [2.05, 4.69) is 47.5 Å². The zero-order valence-electron chi connectivity index (χ0n) is 19.3. The third kappa shape index (κ3) is 4.86. The molecular weight excluding hydrogens is 412 g/mol. The molecule has 1 atom stereocenters. The summed E-state index contributed by atoms with van der Waals surface area (Å²) in [6.45, 7) is 3.72. The Morgan fingerprint density at radius 3 is 2.82 bits per heavy atom. The zero-order chi connectivity index (χ0) is 22.6. The van der Waals surface area contributed by atoms with E-state index in [4.69, 9.17) is 9.72 Å². The molecule has 1 saturated heterocycles. The number of nitrogens with one attached hydrogen (secondary N) is 1. The Kier molecular flexibility index (Phi) is 6.53. The molecule has 3 heterocycles. The minimum atomic E-state index is -0.222. The lowest BCUT2D eigenvalue weighted by atomic mass is 9.96. The molecule has 1 aliphatic carbocycles. The first kappa shape index (κ1) is 21.8. The van der Waals surface area contributed by atoms with Gasteiger partial charge in [-0.05, 0) is 55.9 Å². The van der Waals surface area contributed by atoms with Crippen molar-refractivity contribution < 1.29 is 9.53 Å². The first-order chi connectivity index (χ1) is 16.2. The second-order valence-corrected chi connectivity index (χ2v) is 9.21. The van der Waals surface area contributed by atoms with Crippen molar-refractivity contribution in [3.05, 3.63) is 81.9 Å². The number of ether oxygens (including phenoxy) is 1. The van der Waals surface area contributed by atoms with Crippen LogP contribution in [0.15, 0.2) is 42.5 Å². The summed E-state index contributed by atoms with van der Waals surface area (Å²) in [6, 6.07) is 14.5. The molecule has 0 bridgehead atoms. The fraction of sp³-hybridized carbons (Fsp3) is 0.444. The molecule has 2 aliphatic rings. The fourth-order valence-electron chi connectivity index (χ4n) is 4.95. The summed E-state index contributed by atoms with van der Waals surface area (Å²) >= 11 is 0. The molecule has 172 valence electrons. The van der Waals surface area contributed by atoms with Crippen molar-refractivity contribution in [2.45, 2.75) is 58.0 Å². The van der Waals surface area contributed by atoms with Crippen molar-refractivity contribution in [3.8, 4) is 0 Å². The molecule has 1 N–H and O–H groups in total. The number of aromatic amines is 1. The number of amides is 1. The maximum Gasteiger partial charge on any atom is 0.274 e. The number of hydrogen-bond donors (Lipinski definition) is 1. The number of carbonyl (C=O) groups excluding carboxylic acids is 1. The Hall–Kier alpha value is -2.99. The van der Waals surface area contributed by atoms with E-state index in [0.717, 1.165) is 54.7 Å². The first-order valence-electron chi connectivity index (χ1n) is 12.2. The lowest BCUT2D eigenvalue weighted by Gasteiger charge is -2.32. The number of H-pyrrole nitrogens is 1. The van der Waals surface area contributed by atoms with Crippen LogP contribution in [0, 0.1) is 6.92 Å². The van der Waals surface area contributed by atoms with Crippen molar-refractivity contribution in [2.24, 2.45) is 0 Å². The van der Waals surface area contributed by atoms with Crippen LogP contribution < -0.4 is 0 Å². The van der Waals surface area contributed by atoms with E-state index in [1.165, 1.54) is 24.0 Å². The van der Waals surface area contributed by atoms with Crippen molar-refractivity contribution in [1.29, 1.82) is 0 Å². The quantitative estimate of drug-likeness (QED) is 0.640. The van der Waals surface area contributed by atoms with Gasteiger partial charge in [-0.15, -0.1) is 0 Å². The maximum atomic E-state index is 13.4. The van der Waals surface area contributed by atoms with Gasteiger partial charge in [0.05, 0.1) is 18.8 Å². The third-order valence-corrected chi connectivity index (χ3v) is 6.90. The molecule has 2 aromatic heterocycles. The van der Waals surface area contributed by atoms with E-state index in [1.807, 2.05) is 17.0 Å². The Morgan fingerprint density at radius 2 is 1.94 bits per heavy atom. The minimum absolute atomic E-state index is 0.0115. The maximum absolute atomic E-state index is 13.4. The normalized spacial score (nSPS) is 18.9. The van der Waals surface area contributed by atoms with Gasteiger partial charge in [0.2, 0.25) is 0 Å². The number of morpholine rings is 1. The molecule has 5 rings (SSSR count). The number of benzene rings is 1. The predicted molar refractivity (Wildman–Crippen MR) is 127 cm³/mol. The molecule has 6 nitrogen and oxygen atoms in total. The molecule has 0 unspecified atom stereocenters. The minimum Gasteiger partial charge on any atom is -0.368 e. The van der Waals surface area contributed by atoms with Gasteiger partial charge in [0.1, 0.15) is 6.10 Å². The summed E-state index contributed by atoms with van der Waals surface area (Å²) in [5.41, 5.74) is 7.32. The highest BCUT2D eigenvalue weighted by Crippen LogP contribution is 2.26. The Labute approximate surface area is 195 Å². The summed E-state index contributed by atoms with van der Waals surface area (Å²) in [5, 5.41) is 7.60. The lowest BCUT2D eigenvalue weighted by molar-refractivity contribution is -0.0250. The van der Waals surface area contributed by atoms with Crippen LogP contribution in [0.3, 0.4) is 0 Å². The van der Waals surface area contributed by atoms with Gasteiger partial charge in [-0.1, -0.05) is 43.2 Å². The van der Waals surface area contributed by atoms with Crippen LogP contribution >= 0.6 is 0 Å². The second kappa shape index (κ2) is 9.87. The Bertz CT molecular complexity index is 1120. The number of hydrogen-bond acceptors (Lipinski definition) is 4. The van der Waals surface area contributed by atoms with E-state index >= 15 is 0 Å². The van der Waals surface area contributed by atoms with Gasteiger partial charge in [-0.2, -0.15) is 5.10 Å². The molecule has 1 amide bonds. The average Bonchev–Trinajstić information content (AvgIpc) is 3.21. The van der Waals surface area contributed by atoms with Gasteiger partial charge in [0.15, 0.2) is 5.69 Å². The van der Waals surface area contributed by atoms with Crippen LogP contribution in [-0.2, 0) is 24.0 Å². The summed E-state index contributed by atoms with van der Waals surface area (Å²) in [6.07, 6.45) is 7.24. The topological polar surface area (TPSA) is 71.1 Å². The van der Waals surface area contributed by atoms with Crippen molar-refractivity contribution >= 4 is 5.91 Å². The molecule has 0 spiro atoms. The van der Waals surface area contributed by atoms with Gasteiger partial charge in [0.25, 0.3) is 5.91 Å². The number of carbonyl (C=O) groups is 1. The summed E-state index contributed by atoms with van der Waals surface area (Å²) in [7, 11) is 0. The van der Waals surface area contributed by atoms with Gasteiger partial charge in [0, 0.05) is 29.9 Å². The highest BCUT2D eigenvalue weighted by Gasteiger charge is 2.30. The van der Waals surface area contributed by atoms with Crippen LogP contribution in [-0.4, -0.2) is 45.7 Å². The molecule has 33 heavy (non-hydrogen) atoms. The Morgan fingerprint density at radius 1 is 1.09 bits per heavy atom. The Balaban J connectivity index is 1.31. The molecule has 1 aromatic carbocycles. The van der Waals surface area contributed by atoms with Gasteiger partial charge in [-0.25, -0.2) is 0 Å². The molecule has 1 fully saturated rings. The van der Waals surface area contributed by atoms with Crippen LogP contribution in [0.5, 0.6) is 0 Å². The number of nitrogens with zero attached hydrogens (tertiary/aromatic N) is 3. The molecule has 6 heteroatoms. The predicted octanol–water partition coefficient (Wildman–Crippen LogP) is 4.58. The molecule has 0 saturated carbocycles. The number of aromatic nitrogens is 3. The number of aryl methyl sites for hydroxylation is 2. The van der Waals surface area contributed by atoms with Gasteiger partial charge < -0.3 is 9.64 Å². The van der Waals surface area contributed by atoms with Crippen LogP contribution in [0.25, 0.3) is 0 Å². The summed E-state index contributed by atoms with van der Waals surface area (Å²) < 4.78 is 6.06. The van der Waals surface area contributed by atoms with Crippen LogP contribution in [0.4, 0.5) is 0 Å². The smallest absolute Gasteiger partial charge is 0.274 e. The van der Waals surface area contributed by atoms with Crippen LogP contribution in [0.1, 0.15) is 76.0 Å². The molecule has 3 aromatic rings. The van der Waals surface area contributed by atoms with Gasteiger partial charge in [-0.3, -0.25) is 14.9 Å². The van der Waals surface area contributed by atoms with E-state index in [0.29, 0.717) is 25.4 Å². The second-order valence-electron chi connectivity index (χ2n) is 9.21. The summed E-state index contributed by atoms with van der Waals surface area (Å²) in [5.74, 6) is 0.0115. The highest BCUT2D eigenvalue weighted by molar-refractivity contribution is 5.94. The van der Waals surface area contributed by atoms with E-state index in [1.54, 1.807) is 0 Å². The highest BCUT2D eigenvalue weighted by atomic mass is 16.5. The first-order valence-corrected chi connectivity index (χ1v) is 12.2.